The van der Waals surface area contributed by atoms with E-state index >= 15 is 0 Å². The minimum absolute atomic E-state index is 0.180. The van der Waals surface area contributed by atoms with E-state index in [0.29, 0.717) is 17.9 Å². The van der Waals surface area contributed by atoms with Crippen LogP contribution in [0.1, 0.15) is 28.9 Å². The van der Waals surface area contributed by atoms with Crippen LogP contribution in [-0.4, -0.2) is 25.5 Å². The first kappa shape index (κ1) is 16.5. The van der Waals surface area contributed by atoms with Gasteiger partial charge in [0.25, 0.3) is 5.91 Å². The molecule has 0 aromatic heterocycles. The van der Waals surface area contributed by atoms with Gasteiger partial charge in [0.2, 0.25) is 0 Å². The molecular formula is C18H20N2O3. The molecule has 2 aromatic rings. The van der Waals surface area contributed by atoms with Crippen LogP contribution in [0.4, 0.5) is 5.69 Å². The monoisotopic (exact) mass is 312 g/mol. The third-order valence-electron chi connectivity index (χ3n) is 3.32. The number of carbonyl (C=O) groups is 2. The van der Waals surface area contributed by atoms with Gasteiger partial charge in [0.1, 0.15) is 0 Å². The van der Waals surface area contributed by atoms with Crippen molar-refractivity contribution in [3.05, 3.63) is 65.7 Å². The molecule has 2 N–H and O–H groups in total. The van der Waals surface area contributed by atoms with Crippen molar-refractivity contribution in [1.82, 2.24) is 5.32 Å². The lowest BCUT2D eigenvalue weighted by molar-refractivity contribution is -0.144. The Labute approximate surface area is 135 Å². The predicted molar refractivity (Wildman–Crippen MR) is 89.3 cm³/mol. The minimum atomic E-state index is -0.629. The van der Waals surface area contributed by atoms with Gasteiger partial charge in [0, 0.05) is 18.3 Å². The standard InChI is InChI=1S/C18H20N2O3/c1-3-23-18(22)16(13-8-5-4-6-9-13)20-15-11-7-10-14(12-15)17(21)19-2/h4-12,16,20H,3H2,1-2H3,(H,19,21). The van der Waals surface area contributed by atoms with Gasteiger partial charge in [-0.15, -0.1) is 0 Å². The molecule has 2 aromatic carbocycles. The molecule has 0 aliphatic rings. The van der Waals surface area contributed by atoms with Crippen LogP contribution in [0, 0.1) is 0 Å². The van der Waals surface area contributed by atoms with Crippen LogP contribution in [0.5, 0.6) is 0 Å². The first-order chi connectivity index (χ1) is 11.2. The highest BCUT2D eigenvalue weighted by atomic mass is 16.5. The van der Waals surface area contributed by atoms with Crippen molar-refractivity contribution >= 4 is 17.6 Å². The lowest BCUT2D eigenvalue weighted by Gasteiger charge is -2.19. The smallest absolute Gasteiger partial charge is 0.333 e. The molecule has 5 heteroatoms. The van der Waals surface area contributed by atoms with Crippen molar-refractivity contribution < 1.29 is 14.3 Å². The Morgan fingerprint density at radius 1 is 1.09 bits per heavy atom. The van der Waals surface area contributed by atoms with E-state index in [1.54, 1.807) is 32.2 Å². The molecule has 1 atom stereocenters. The number of nitrogens with one attached hydrogen (secondary N) is 2. The topological polar surface area (TPSA) is 67.4 Å². The first-order valence-corrected chi connectivity index (χ1v) is 7.46. The second-order valence-electron chi connectivity index (χ2n) is 4.90. The number of hydrogen-bond donors (Lipinski definition) is 2. The van der Waals surface area contributed by atoms with Crippen LogP contribution >= 0.6 is 0 Å². The Kier molecular flexibility index (Phi) is 5.74. The van der Waals surface area contributed by atoms with Gasteiger partial charge in [0.15, 0.2) is 6.04 Å². The normalized spacial score (nSPS) is 11.4. The van der Waals surface area contributed by atoms with Gasteiger partial charge in [0.05, 0.1) is 6.61 Å². The molecular weight excluding hydrogens is 292 g/mol. The van der Waals surface area contributed by atoms with Crippen LogP contribution in [-0.2, 0) is 9.53 Å². The molecule has 0 bridgehead atoms. The molecule has 0 aliphatic carbocycles. The van der Waals surface area contributed by atoms with E-state index in [1.165, 1.54) is 0 Å². The van der Waals surface area contributed by atoms with Crippen molar-refractivity contribution in [3.8, 4) is 0 Å². The van der Waals surface area contributed by atoms with Gasteiger partial charge in [-0.1, -0.05) is 36.4 Å². The zero-order valence-electron chi connectivity index (χ0n) is 13.2. The van der Waals surface area contributed by atoms with E-state index in [4.69, 9.17) is 4.74 Å². The Bertz CT molecular complexity index is 671. The lowest BCUT2D eigenvalue weighted by Crippen LogP contribution is -2.24. The van der Waals surface area contributed by atoms with Crippen molar-refractivity contribution in [1.29, 1.82) is 0 Å². The molecule has 0 heterocycles. The van der Waals surface area contributed by atoms with Crippen LogP contribution in [0.15, 0.2) is 54.6 Å². The van der Waals surface area contributed by atoms with Crippen molar-refractivity contribution in [2.45, 2.75) is 13.0 Å². The molecule has 1 unspecified atom stereocenters. The summed E-state index contributed by atoms with van der Waals surface area (Å²) in [4.78, 5) is 24.0. The number of benzene rings is 2. The summed E-state index contributed by atoms with van der Waals surface area (Å²) in [6.45, 7) is 2.08. The molecule has 1 amide bonds. The SMILES string of the molecule is CCOC(=O)C(Nc1cccc(C(=O)NC)c1)c1ccccc1. The van der Waals surface area contributed by atoms with Gasteiger partial charge < -0.3 is 15.4 Å². The highest BCUT2D eigenvalue weighted by molar-refractivity contribution is 5.95. The highest BCUT2D eigenvalue weighted by Gasteiger charge is 2.21. The highest BCUT2D eigenvalue weighted by Crippen LogP contribution is 2.22. The zero-order chi connectivity index (χ0) is 16.7. The largest absolute Gasteiger partial charge is 0.464 e. The minimum Gasteiger partial charge on any atom is -0.464 e. The summed E-state index contributed by atoms with van der Waals surface area (Å²) in [6, 6.07) is 15.7. The average molecular weight is 312 g/mol. The number of ether oxygens (including phenoxy) is 1. The fourth-order valence-corrected chi connectivity index (χ4v) is 2.21. The van der Waals surface area contributed by atoms with Crippen LogP contribution in [0.25, 0.3) is 0 Å². The molecule has 0 radical (unpaired) electrons. The molecule has 0 aliphatic heterocycles. The summed E-state index contributed by atoms with van der Waals surface area (Å²) in [7, 11) is 1.58. The molecule has 120 valence electrons. The third kappa shape index (κ3) is 4.32. The maximum atomic E-state index is 12.3. The molecule has 0 saturated heterocycles. The fraction of sp³-hybridized carbons (Fsp3) is 0.222. The lowest BCUT2D eigenvalue weighted by atomic mass is 10.1. The van der Waals surface area contributed by atoms with Crippen molar-refractivity contribution in [2.75, 3.05) is 19.0 Å². The van der Waals surface area contributed by atoms with E-state index in [-0.39, 0.29) is 11.9 Å². The van der Waals surface area contributed by atoms with E-state index in [0.717, 1.165) is 5.56 Å². The summed E-state index contributed by atoms with van der Waals surface area (Å²) in [5.74, 6) is -0.537. The summed E-state index contributed by atoms with van der Waals surface area (Å²) in [5, 5.41) is 5.72. The molecule has 5 nitrogen and oxygen atoms in total. The maximum Gasteiger partial charge on any atom is 0.333 e. The van der Waals surface area contributed by atoms with Crippen molar-refractivity contribution in [3.63, 3.8) is 0 Å². The summed E-state index contributed by atoms with van der Waals surface area (Å²) < 4.78 is 5.15. The van der Waals surface area contributed by atoms with Gasteiger partial charge >= 0.3 is 5.97 Å². The average Bonchev–Trinajstić information content (AvgIpc) is 2.60. The van der Waals surface area contributed by atoms with Crippen LogP contribution < -0.4 is 10.6 Å². The molecule has 0 fully saturated rings. The zero-order valence-corrected chi connectivity index (χ0v) is 13.2. The number of rotatable bonds is 6. The summed E-state index contributed by atoms with van der Waals surface area (Å²) in [5.41, 5.74) is 2.00. The van der Waals surface area contributed by atoms with Crippen LogP contribution in [0.2, 0.25) is 0 Å². The van der Waals surface area contributed by atoms with Gasteiger partial charge in [-0.25, -0.2) is 4.79 Å². The maximum absolute atomic E-state index is 12.3. The number of hydrogen-bond acceptors (Lipinski definition) is 4. The third-order valence-corrected chi connectivity index (χ3v) is 3.32. The van der Waals surface area contributed by atoms with Gasteiger partial charge in [-0.2, -0.15) is 0 Å². The van der Waals surface area contributed by atoms with E-state index in [2.05, 4.69) is 10.6 Å². The Morgan fingerprint density at radius 2 is 1.83 bits per heavy atom. The molecule has 0 spiro atoms. The van der Waals surface area contributed by atoms with E-state index < -0.39 is 6.04 Å². The molecule has 23 heavy (non-hydrogen) atoms. The number of anilines is 1. The van der Waals surface area contributed by atoms with Crippen LogP contribution in [0.3, 0.4) is 0 Å². The van der Waals surface area contributed by atoms with Crippen molar-refractivity contribution in [2.24, 2.45) is 0 Å². The predicted octanol–water partition coefficient (Wildman–Crippen LogP) is 2.76. The number of amides is 1. The van der Waals surface area contributed by atoms with Gasteiger partial charge in [-0.05, 0) is 30.7 Å². The molecule has 2 rings (SSSR count). The quantitative estimate of drug-likeness (QED) is 0.805. The Hall–Kier alpha value is -2.82. The first-order valence-electron chi connectivity index (χ1n) is 7.46. The second-order valence-corrected chi connectivity index (χ2v) is 4.90. The Morgan fingerprint density at radius 3 is 2.48 bits per heavy atom. The van der Waals surface area contributed by atoms with E-state index in [9.17, 15) is 9.59 Å². The number of carbonyl (C=O) groups excluding carboxylic acids is 2. The summed E-state index contributed by atoms with van der Waals surface area (Å²) >= 11 is 0. The molecule has 0 saturated carbocycles. The Balaban J connectivity index is 2.27. The van der Waals surface area contributed by atoms with Gasteiger partial charge in [-0.3, -0.25) is 4.79 Å². The van der Waals surface area contributed by atoms with E-state index in [1.807, 2.05) is 36.4 Å². The fourth-order valence-electron chi connectivity index (χ4n) is 2.21. The second kappa shape index (κ2) is 7.98. The summed E-state index contributed by atoms with van der Waals surface area (Å²) in [6.07, 6.45) is 0. The number of esters is 1.